The fourth-order valence-corrected chi connectivity index (χ4v) is 96.4. The fourth-order valence-electron chi connectivity index (χ4n) is 7.29. The minimum atomic E-state index is -2.74. The number of halogens is 2. The molecule has 0 amide bonds. The van der Waals surface area contributed by atoms with Crippen LogP contribution in [0.1, 0.15) is 83.1 Å². The topological polar surface area (TPSA) is 0 Å². The normalized spacial score (nSPS) is 16.6. The molecule has 0 radical (unpaired) electrons. The van der Waals surface area contributed by atoms with E-state index >= 15 is 0 Å². The van der Waals surface area contributed by atoms with Crippen LogP contribution in [-0.2, 0) is 0 Å². The van der Waals surface area contributed by atoms with Gasteiger partial charge in [0.25, 0.3) is 0 Å². The molecule has 0 fully saturated rings. The SMILES string of the molecule is CC(C)C(C)(C)[Si](c1ccccc1)([Si@@](Br)(c1ccccc1)C(C)(C)C(C)C)[Si@@](Br)(c1ccccc1)C(C)(C)C(C)C. The summed E-state index contributed by atoms with van der Waals surface area (Å²) in [6.45, 7) is 30.6. The second-order valence-corrected chi connectivity index (χ2v) is 46.6. The molecule has 0 N–H and O–H groups in total. The molecular formula is C36H54Br2Si3. The quantitative estimate of drug-likeness (QED) is 0.136. The van der Waals surface area contributed by atoms with Crippen LogP contribution in [0.2, 0.25) is 15.1 Å². The Labute approximate surface area is 270 Å². The van der Waals surface area contributed by atoms with E-state index in [1.807, 2.05) is 0 Å². The van der Waals surface area contributed by atoms with Crippen LogP contribution in [0.3, 0.4) is 0 Å². The Balaban J connectivity index is 2.90. The third-order valence-electron chi connectivity index (χ3n) is 11.7. The van der Waals surface area contributed by atoms with Gasteiger partial charge in [-0.3, -0.25) is 0 Å². The lowest BCUT2D eigenvalue weighted by atomic mass is 9.99. The maximum Gasteiger partial charge on any atom is 0.161 e. The van der Waals surface area contributed by atoms with Gasteiger partial charge in [-0.2, -0.15) is 0 Å². The van der Waals surface area contributed by atoms with Gasteiger partial charge in [0, 0.05) is 0 Å². The molecule has 0 aliphatic heterocycles. The van der Waals surface area contributed by atoms with Crippen LogP contribution in [0.15, 0.2) is 91.0 Å². The molecule has 3 aromatic carbocycles. The number of hydrogen-bond acceptors (Lipinski definition) is 0. The summed E-state index contributed by atoms with van der Waals surface area (Å²) in [7, 11) is -2.74. The van der Waals surface area contributed by atoms with Gasteiger partial charge in [0.1, 0.15) is 7.11 Å². The minimum Gasteiger partial charge on any atom is -0.123 e. The van der Waals surface area contributed by atoms with Crippen LogP contribution >= 0.6 is 30.6 Å². The van der Waals surface area contributed by atoms with E-state index in [1.165, 1.54) is 0 Å². The van der Waals surface area contributed by atoms with Crippen molar-refractivity contribution in [3.63, 3.8) is 0 Å². The van der Waals surface area contributed by atoms with E-state index < -0.39 is 19.5 Å². The largest absolute Gasteiger partial charge is 0.161 e. The summed E-state index contributed by atoms with van der Waals surface area (Å²) in [5, 5.41) is 4.86. The molecule has 2 atom stereocenters. The Morgan fingerprint density at radius 3 is 0.902 bits per heavy atom. The van der Waals surface area contributed by atoms with Gasteiger partial charge in [0.15, 0.2) is 12.4 Å². The first-order valence-corrected chi connectivity index (χ1v) is 28.0. The molecule has 0 heterocycles. The van der Waals surface area contributed by atoms with Crippen molar-refractivity contribution in [3.8, 4) is 0 Å². The van der Waals surface area contributed by atoms with Gasteiger partial charge in [-0.15, -0.1) is 30.6 Å². The van der Waals surface area contributed by atoms with Crippen LogP contribution in [0.4, 0.5) is 0 Å². The van der Waals surface area contributed by atoms with E-state index in [0.717, 1.165) is 0 Å². The van der Waals surface area contributed by atoms with Crippen molar-refractivity contribution in [1.29, 1.82) is 0 Å². The fraction of sp³-hybridized carbons (Fsp3) is 0.500. The first kappa shape index (κ1) is 34.8. The van der Waals surface area contributed by atoms with Gasteiger partial charge < -0.3 is 0 Å². The van der Waals surface area contributed by atoms with Gasteiger partial charge >= 0.3 is 0 Å². The van der Waals surface area contributed by atoms with Gasteiger partial charge in [-0.1, -0.05) is 179 Å². The third-order valence-corrected chi connectivity index (χ3v) is 74.7. The summed E-state index contributed by atoms with van der Waals surface area (Å²) in [5.74, 6) is 1.48. The second kappa shape index (κ2) is 12.3. The van der Waals surface area contributed by atoms with Crippen molar-refractivity contribution in [2.24, 2.45) is 17.8 Å². The minimum absolute atomic E-state index is 0.0454. The van der Waals surface area contributed by atoms with Crippen molar-refractivity contribution >= 4 is 65.7 Å². The van der Waals surface area contributed by atoms with Crippen molar-refractivity contribution in [3.05, 3.63) is 91.0 Å². The van der Waals surface area contributed by atoms with E-state index in [2.05, 4.69) is 174 Å². The number of rotatable bonds is 11. The van der Waals surface area contributed by atoms with Crippen molar-refractivity contribution in [2.45, 2.75) is 98.2 Å². The van der Waals surface area contributed by atoms with Crippen molar-refractivity contribution in [1.82, 2.24) is 0 Å². The summed E-state index contributed by atoms with van der Waals surface area (Å²) >= 11 is 10.1. The molecule has 0 nitrogen and oxygen atoms in total. The van der Waals surface area contributed by atoms with E-state index in [0.29, 0.717) is 17.8 Å². The highest BCUT2D eigenvalue weighted by Crippen LogP contribution is 2.67. The number of benzene rings is 3. The Morgan fingerprint density at radius 2 is 0.659 bits per heavy atom. The molecule has 0 saturated heterocycles. The lowest BCUT2D eigenvalue weighted by Crippen LogP contribution is -2.94. The molecule has 3 rings (SSSR count). The van der Waals surface area contributed by atoms with E-state index in [4.69, 9.17) is 30.6 Å². The zero-order valence-corrected chi connectivity index (χ0v) is 33.8. The van der Waals surface area contributed by atoms with E-state index in [1.54, 1.807) is 15.6 Å². The zero-order valence-electron chi connectivity index (χ0n) is 27.6. The predicted octanol–water partition coefficient (Wildman–Crippen LogP) is 10.3. The van der Waals surface area contributed by atoms with Crippen LogP contribution in [0.5, 0.6) is 0 Å². The Hall–Kier alpha value is -0.729. The average Bonchev–Trinajstić information content (AvgIpc) is 2.94. The van der Waals surface area contributed by atoms with E-state index in [9.17, 15) is 0 Å². The summed E-state index contributed by atoms with van der Waals surface area (Å²) in [6, 6.07) is 35.3. The maximum absolute atomic E-state index is 5.06. The molecule has 0 aliphatic carbocycles. The lowest BCUT2D eigenvalue weighted by molar-refractivity contribution is 0.449. The summed E-state index contributed by atoms with van der Waals surface area (Å²) in [6.07, 6.45) is -5.29. The predicted molar refractivity (Wildman–Crippen MR) is 200 cm³/mol. The molecule has 0 aliphatic rings. The summed E-state index contributed by atoms with van der Waals surface area (Å²) in [4.78, 5) is 0. The average molecular weight is 731 g/mol. The first-order chi connectivity index (χ1) is 18.9. The van der Waals surface area contributed by atoms with Gasteiger partial charge in [0.2, 0.25) is 0 Å². The van der Waals surface area contributed by atoms with E-state index in [-0.39, 0.29) is 15.1 Å². The molecule has 0 aromatic heterocycles. The standard InChI is InChI=1S/C36H54Br2Si3/c1-28(2)34(7,8)39(37,31-22-16-13-17-23-31)41(36(11,12)30(5)6,33-26-20-15-21-27-33)40(38,35(9,10)29(3)4)32-24-18-14-19-25-32/h13-30H,1-12H3/t39-,40-/m0/s1. The number of hydrogen-bond donors (Lipinski definition) is 0. The molecule has 5 heteroatoms. The first-order valence-electron chi connectivity index (χ1n) is 15.4. The van der Waals surface area contributed by atoms with Crippen LogP contribution < -0.4 is 15.6 Å². The van der Waals surface area contributed by atoms with Crippen molar-refractivity contribution < 1.29 is 0 Å². The molecule has 0 spiro atoms. The molecule has 3 aromatic rings. The van der Waals surface area contributed by atoms with Crippen LogP contribution in [0, 0.1) is 17.8 Å². The summed E-state index contributed by atoms with van der Waals surface area (Å²) in [5.41, 5.74) is 0. The van der Waals surface area contributed by atoms with Gasteiger partial charge in [-0.25, -0.2) is 0 Å². The van der Waals surface area contributed by atoms with Crippen LogP contribution in [-0.4, -0.2) is 19.5 Å². The highest BCUT2D eigenvalue weighted by atomic mass is 79.9. The highest BCUT2D eigenvalue weighted by molar-refractivity contribution is 9.32. The Morgan fingerprint density at radius 1 is 0.415 bits per heavy atom. The van der Waals surface area contributed by atoms with Crippen LogP contribution in [0.25, 0.3) is 0 Å². The monoisotopic (exact) mass is 728 g/mol. The maximum atomic E-state index is 5.06. The third kappa shape index (κ3) is 5.02. The molecule has 0 saturated carbocycles. The Bertz CT molecular complexity index is 1200. The smallest absolute Gasteiger partial charge is 0.123 e. The Kier molecular flexibility index (Phi) is 10.5. The molecule has 224 valence electrons. The molecule has 0 unspecified atom stereocenters. The van der Waals surface area contributed by atoms with Gasteiger partial charge in [0.05, 0.1) is 0 Å². The molecular weight excluding hydrogens is 676 g/mol. The molecule has 0 bridgehead atoms. The lowest BCUT2D eigenvalue weighted by Gasteiger charge is -2.69. The summed E-state index contributed by atoms with van der Waals surface area (Å²) < 4.78 is 0. The highest BCUT2D eigenvalue weighted by Gasteiger charge is 2.80. The van der Waals surface area contributed by atoms with Gasteiger partial charge in [-0.05, 0) is 43.2 Å². The second-order valence-electron chi connectivity index (χ2n) is 14.8. The van der Waals surface area contributed by atoms with Crippen molar-refractivity contribution in [2.75, 3.05) is 0 Å². The zero-order chi connectivity index (χ0) is 31.1. The molecule has 41 heavy (non-hydrogen) atoms.